The normalized spacial score (nSPS) is 23.5. The van der Waals surface area contributed by atoms with Crippen LogP contribution >= 0.6 is 0 Å². The predicted molar refractivity (Wildman–Crippen MR) is 57.2 cm³/mol. The van der Waals surface area contributed by atoms with E-state index in [4.69, 9.17) is 0 Å². The number of ether oxygens (including phenoxy) is 2. The van der Waals surface area contributed by atoms with Crippen LogP contribution in [-0.2, 0) is 11.8 Å². The zero-order valence-electron chi connectivity index (χ0n) is 11.0. The minimum atomic E-state index is -6.28. The number of halogens is 8. The van der Waals surface area contributed by atoms with E-state index in [2.05, 4.69) is 9.47 Å². The summed E-state index contributed by atoms with van der Waals surface area (Å²) in [6.45, 7) is 0. The Morgan fingerprint density at radius 1 is 0.636 bits per heavy atom. The van der Waals surface area contributed by atoms with E-state index in [1.165, 1.54) is 0 Å². The third kappa shape index (κ3) is 1.66. The smallest absolute Gasteiger partial charge is 0.382 e. The van der Waals surface area contributed by atoms with Gasteiger partial charge in [0, 0.05) is 11.1 Å². The standard InChI is InChI=1S/C12H8F8O2/c1-21-7-3-5-6(4-8(7)22-2)10(15,16)12(19,20)11(17,18)9(5,13)14/h3-4H,1-2H3. The SMILES string of the molecule is COc1cc2c(cc1OC)C(F)(F)C(F)(F)C(F)(F)C2(F)F. The molecule has 0 aromatic heterocycles. The van der Waals surface area contributed by atoms with Gasteiger partial charge in [0.1, 0.15) is 0 Å². The molecule has 1 aliphatic carbocycles. The van der Waals surface area contributed by atoms with Gasteiger partial charge in [-0.3, -0.25) is 0 Å². The zero-order valence-corrected chi connectivity index (χ0v) is 11.0. The monoisotopic (exact) mass is 336 g/mol. The van der Waals surface area contributed by atoms with Gasteiger partial charge in [-0.2, -0.15) is 35.1 Å². The Hall–Kier alpha value is -1.74. The molecule has 124 valence electrons. The zero-order chi connectivity index (χ0) is 17.1. The van der Waals surface area contributed by atoms with E-state index >= 15 is 0 Å². The first-order valence-corrected chi connectivity index (χ1v) is 5.64. The first-order chi connectivity index (χ1) is 9.86. The number of alkyl halides is 8. The van der Waals surface area contributed by atoms with E-state index < -0.39 is 46.3 Å². The molecular formula is C12H8F8O2. The summed E-state index contributed by atoms with van der Waals surface area (Å²) in [5.41, 5.74) is -3.88. The molecule has 1 aliphatic rings. The van der Waals surface area contributed by atoms with Crippen LogP contribution in [0.1, 0.15) is 11.1 Å². The fourth-order valence-corrected chi connectivity index (χ4v) is 2.13. The van der Waals surface area contributed by atoms with Gasteiger partial charge in [0.15, 0.2) is 11.5 Å². The van der Waals surface area contributed by atoms with Crippen molar-refractivity contribution in [3.05, 3.63) is 23.3 Å². The summed E-state index contributed by atoms with van der Waals surface area (Å²) in [4.78, 5) is 0. The lowest BCUT2D eigenvalue weighted by Gasteiger charge is -2.42. The summed E-state index contributed by atoms with van der Waals surface area (Å²) in [5, 5.41) is 0. The van der Waals surface area contributed by atoms with Crippen molar-refractivity contribution >= 4 is 0 Å². The van der Waals surface area contributed by atoms with Gasteiger partial charge in [0.25, 0.3) is 0 Å². The molecule has 0 saturated heterocycles. The Morgan fingerprint density at radius 3 is 1.14 bits per heavy atom. The average Bonchev–Trinajstić information content (AvgIpc) is 2.43. The number of rotatable bonds is 2. The van der Waals surface area contributed by atoms with Crippen LogP contribution in [0.25, 0.3) is 0 Å². The highest BCUT2D eigenvalue weighted by Gasteiger charge is 2.85. The van der Waals surface area contributed by atoms with Gasteiger partial charge in [-0.15, -0.1) is 0 Å². The van der Waals surface area contributed by atoms with Crippen LogP contribution in [0.2, 0.25) is 0 Å². The highest BCUT2D eigenvalue weighted by Crippen LogP contribution is 2.65. The molecule has 0 radical (unpaired) electrons. The van der Waals surface area contributed by atoms with Gasteiger partial charge in [0.2, 0.25) is 0 Å². The van der Waals surface area contributed by atoms with E-state index in [0.717, 1.165) is 14.2 Å². The van der Waals surface area contributed by atoms with Crippen LogP contribution in [0, 0.1) is 0 Å². The fourth-order valence-electron chi connectivity index (χ4n) is 2.13. The second-order valence-corrected chi connectivity index (χ2v) is 4.55. The van der Waals surface area contributed by atoms with Crippen molar-refractivity contribution < 1.29 is 44.6 Å². The van der Waals surface area contributed by atoms with E-state index in [1.54, 1.807) is 0 Å². The number of methoxy groups -OCH3 is 2. The maximum Gasteiger partial charge on any atom is 0.382 e. The summed E-state index contributed by atoms with van der Waals surface area (Å²) in [6, 6.07) is 0.288. The summed E-state index contributed by atoms with van der Waals surface area (Å²) in [6.07, 6.45) is 0. The predicted octanol–water partition coefficient (Wildman–Crippen LogP) is 4.17. The molecule has 0 atom stereocenters. The lowest BCUT2D eigenvalue weighted by atomic mass is 9.80. The number of fused-ring (bicyclic) bond motifs is 1. The van der Waals surface area contributed by atoms with E-state index in [1.807, 2.05) is 0 Å². The maximum atomic E-state index is 13.7. The third-order valence-electron chi connectivity index (χ3n) is 3.38. The minimum Gasteiger partial charge on any atom is -0.493 e. The van der Waals surface area contributed by atoms with Crippen molar-refractivity contribution in [1.82, 2.24) is 0 Å². The van der Waals surface area contributed by atoms with Crippen molar-refractivity contribution in [2.45, 2.75) is 23.7 Å². The molecule has 0 amide bonds. The number of hydrogen-bond donors (Lipinski definition) is 0. The quantitative estimate of drug-likeness (QED) is 0.755. The largest absolute Gasteiger partial charge is 0.493 e. The van der Waals surface area contributed by atoms with Crippen LogP contribution < -0.4 is 9.47 Å². The molecule has 10 heteroatoms. The average molecular weight is 336 g/mol. The Bertz CT molecular complexity index is 558. The van der Waals surface area contributed by atoms with Crippen LogP contribution in [0.3, 0.4) is 0 Å². The second-order valence-electron chi connectivity index (χ2n) is 4.55. The Labute approximate surface area is 118 Å². The highest BCUT2D eigenvalue weighted by molar-refractivity contribution is 5.53. The Balaban J connectivity index is 2.90. The summed E-state index contributed by atoms with van der Waals surface area (Å²) in [5.74, 6) is -24.7. The molecule has 22 heavy (non-hydrogen) atoms. The molecule has 0 heterocycles. The van der Waals surface area contributed by atoms with Crippen LogP contribution in [0.4, 0.5) is 35.1 Å². The summed E-state index contributed by atoms with van der Waals surface area (Å²) >= 11 is 0. The van der Waals surface area contributed by atoms with E-state index in [-0.39, 0.29) is 12.1 Å². The third-order valence-corrected chi connectivity index (χ3v) is 3.38. The van der Waals surface area contributed by atoms with Crippen molar-refractivity contribution in [2.75, 3.05) is 14.2 Å². The molecule has 1 aromatic carbocycles. The fraction of sp³-hybridized carbons (Fsp3) is 0.500. The molecule has 0 bridgehead atoms. The molecule has 0 spiro atoms. The molecular weight excluding hydrogens is 328 g/mol. The first kappa shape index (κ1) is 16.6. The summed E-state index contributed by atoms with van der Waals surface area (Å²) in [7, 11) is 1.88. The molecule has 0 unspecified atom stereocenters. The molecule has 2 rings (SSSR count). The van der Waals surface area contributed by atoms with E-state index in [0.29, 0.717) is 0 Å². The van der Waals surface area contributed by atoms with Gasteiger partial charge in [-0.1, -0.05) is 0 Å². The molecule has 2 nitrogen and oxygen atoms in total. The number of benzene rings is 1. The molecule has 0 saturated carbocycles. The highest BCUT2D eigenvalue weighted by atomic mass is 19.4. The Kier molecular flexibility index (Phi) is 3.32. The van der Waals surface area contributed by atoms with Gasteiger partial charge in [0.05, 0.1) is 14.2 Å². The van der Waals surface area contributed by atoms with Crippen molar-refractivity contribution in [3.8, 4) is 11.5 Å². The minimum absolute atomic E-state index is 0.144. The Morgan fingerprint density at radius 2 is 0.909 bits per heavy atom. The maximum absolute atomic E-state index is 13.7. The van der Waals surface area contributed by atoms with Gasteiger partial charge in [-0.05, 0) is 12.1 Å². The topological polar surface area (TPSA) is 18.5 Å². The van der Waals surface area contributed by atoms with Gasteiger partial charge < -0.3 is 9.47 Å². The first-order valence-electron chi connectivity index (χ1n) is 5.64. The summed E-state index contributed by atoms with van der Waals surface area (Å²) < 4.78 is 117. The second kappa shape index (κ2) is 4.39. The van der Waals surface area contributed by atoms with Crippen LogP contribution in [-0.4, -0.2) is 26.1 Å². The van der Waals surface area contributed by atoms with E-state index in [9.17, 15) is 35.1 Å². The molecule has 0 aliphatic heterocycles. The van der Waals surface area contributed by atoms with Crippen molar-refractivity contribution in [1.29, 1.82) is 0 Å². The lowest BCUT2D eigenvalue weighted by Crippen LogP contribution is -2.63. The molecule has 0 N–H and O–H groups in total. The molecule has 0 fully saturated rings. The van der Waals surface area contributed by atoms with Crippen molar-refractivity contribution in [3.63, 3.8) is 0 Å². The lowest BCUT2D eigenvalue weighted by molar-refractivity contribution is -0.386. The molecule has 1 aromatic rings. The van der Waals surface area contributed by atoms with Crippen molar-refractivity contribution in [2.24, 2.45) is 0 Å². The van der Waals surface area contributed by atoms with Crippen LogP contribution in [0.5, 0.6) is 11.5 Å². The van der Waals surface area contributed by atoms with Gasteiger partial charge in [-0.25, -0.2) is 0 Å². The van der Waals surface area contributed by atoms with Gasteiger partial charge >= 0.3 is 23.7 Å². The van der Waals surface area contributed by atoms with Crippen LogP contribution in [0.15, 0.2) is 12.1 Å². The number of hydrogen-bond acceptors (Lipinski definition) is 2.